The van der Waals surface area contributed by atoms with E-state index in [9.17, 15) is 8.42 Å². The fraction of sp³-hybridized carbons (Fsp3) is 0.333. The number of anilines is 1. The van der Waals surface area contributed by atoms with E-state index in [0.717, 1.165) is 11.0 Å². The summed E-state index contributed by atoms with van der Waals surface area (Å²) in [5, 5.41) is 9.82. The number of rotatable bonds is 6. The van der Waals surface area contributed by atoms with Gasteiger partial charge in [0.25, 0.3) is 10.0 Å². The first-order valence-electron chi connectivity index (χ1n) is 6.33. The molecular weight excluding hydrogens is 358 g/mol. The first-order valence-corrected chi connectivity index (χ1v) is 8.60. The van der Waals surface area contributed by atoms with Gasteiger partial charge < -0.3 is 5.32 Å². The highest BCUT2D eigenvalue weighted by molar-refractivity contribution is 9.10. The average molecular weight is 374 g/mol. The van der Waals surface area contributed by atoms with Crippen molar-refractivity contribution in [3.63, 3.8) is 0 Å². The summed E-state index contributed by atoms with van der Waals surface area (Å²) in [5.74, 6) is 0.258. The zero-order valence-electron chi connectivity index (χ0n) is 11.6. The zero-order chi connectivity index (χ0) is 15.5. The third-order valence-corrected chi connectivity index (χ3v) is 4.76. The average Bonchev–Trinajstić information content (AvgIpc) is 2.81. The second-order valence-corrected chi connectivity index (χ2v) is 6.91. The van der Waals surface area contributed by atoms with Crippen molar-refractivity contribution in [1.29, 1.82) is 0 Å². The molecule has 0 fully saturated rings. The van der Waals surface area contributed by atoms with E-state index in [1.807, 2.05) is 6.92 Å². The third-order valence-electron chi connectivity index (χ3n) is 2.74. The number of aromatic nitrogens is 3. The van der Waals surface area contributed by atoms with Crippen molar-refractivity contribution in [3.05, 3.63) is 34.2 Å². The molecule has 2 aromatic heterocycles. The SMILES string of the molecule is CCNCc1n[nH]c(C)c1S(=O)(=O)Nc1ccc(Br)cn1. The Bertz CT molecular complexity index is 712. The lowest BCUT2D eigenvalue weighted by molar-refractivity contribution is 0.597. The Kier molecular flexibility index (Phi) is 4.96. The number of pyridine rings is 1. The summed E-state index contributed by atoms with van der Waals surface area (Å²) >= 11 is 3.25. The maximum Gasteiger partial charge on any atom is 0.266 e. The van der Waals surface area contributed by atoms with E-state index in [0.29, 0.717) is 17.9 Å². The normalized spacial score (nSPS) is 11.6. The molecule has 0 amide bonds. The van der Waals surface area contributed by atoms with Crippen molar-refractivity contribution in [3.8, 4) is 0 Å². The molecule has 0 bridgehead atoms. The molecule has 114 valence electrons. The number of aryl methyl sites for hydroxylation is 1. The molecule has 0 radical (unpaired) electrons. The van der Waals surface area contributed by atoms with Crippen LogP contribution in [0.25, 0.3) is 0 Å². The van der Waals surface area contributed by atoms with E-state index < -0.39 is 10.0 Å². The van der Waals surface area contributed by atoms with E-state index in [4.69, 9.17) is 0 Å². The van der Waals surface area contributed by atoms with Gasteiger partial charge in [0.15, 0.2) is 0 Å². The highest BCUT2D eigenvalue weighted by Crippen LogP contribution is 2.21. The molecule has 0 aromatic carbocycles. The monoisotopic (exact) mass is 373 g/mol. The Morgan fingerprint density at radius 1 is 1.38 bits per heavy atom. The number of nitrogens with one attached hydrogen (secondary N) is 3. The van der Waals surface area contributed by atoms with Gasteiger partial charge >= 0.3 is 0 Å². The van der Waals surface area contributed by atoms with E-state index in [-0.39, 0.29) is 10.7 Å². The molecule has 0 saturated carbocycles. The van der Waals surface area contributed by atoms with Gasteiger partial charge in [-0.2, -0.15) is 5.10 Å². The molecule has 0 aliphatic carbocycles. The summed E-state index contributed by atoms with van der Waals surface area (Å²) in [7, 11) is -3.74. The number of hydrogen-bond acceptors (Lipinski definition) is 5. The van der Waals surface area contributed by atoms with Crippen LogP contribution in [-0.4, -0.2) is 30.1 Å². The van der Waals surface area contributed by atoms with Crippen molar-refractivity contribution in [1.82, 2.24) is 20.5 Å². The van der Waals surface area contributed by atoms with Crippen LogP contribution < -0.4 is 10.0 Å². The van der Waals surface area contributed by atoms with Crippen LogP contribution in [0.15, 0.2) is 27.7 Å². The molecule has 0 spiro atoms. The third kappa shape index (κ3) is 3.80. The molecule has 0 aliphatic rings. The molecule has 21 heavy (non-hydrogen) atoms. The second-order valence-electron chi connectivity index (χ2n) is 4.37. The Morgan fingerprint density at radius 3 is 2.76 bits per heavy atom. The minimum atomic E-state index is -3.74. The Morgan fingerprint density at radius 2 is 2.14 bits per heavy atom. The Hall–Kier alpha value is -1.45. The van der Waals surface area contributed by atoms with Crippen molar-refractivity contribution in [2.24, 2.45) is 0 Å². The van der Waals surface area contributed by atoms with Crippen LogP contribution >= 0.6 is 15.9 Å². The van der Waals surface area contributed by atoms with E-state index >= 15 is 0 Å². The molecule has 0 unspecified atom stereocenters. The fourth-order valence-electron chi connectivity index (χ4n) is 1.81. The van der Waals surface area contributed by atoms with Crippen LogP contribution in [0, 0.1) is 6.92 Å². The van der Waals surface area contributed by atoms with Crippen molar-refractivity contribution < 1.29 is 8.42 Å². The van der Waals surface area contributed by atoms with E-state index in [1.54, 1.807) is 19.1 Å². The number of H-pyrrole nitrogens is 1. The van der Waals surface area contributed by atoms with Crippen molar-refractivity contribution in [2.75, 3.05) is 11.3 Å². The molecule has 2 heterocycles. The maximum absolute atomic E-state index is 12.5. The quantitative estimate of drug-likeness (QED) is 0.716. The number of halogens is 1. The lowest BCUT2D eigenvalue weighted by Crippen LogP contribution is -2.19. The highest BCUT2D eigenvalue weighted by atomic mass is 79.9. The minimum Gasteiger partial charge on any atom is -0.311 e. The molecule has 0 saturated heterocycles. The first kappa shape index (κ1) is 15.9. The number of sulfonamides is 1. The van der Waals surface area contributed by atoms with Gasteiger partial charge in [0.05, 0.1) is 11.4 Å². The summed E-state index contributed by atoms with van der Waals surface area (Å²) < 4.78 is 28.2. The summed E-state index contributed by atoms with van der Waals surface area (Å²) in [6.45, 7) is 4.72. The summed E-state index contributed by atoms with van der Waals surface area (Å²) in [6, 6.07) is 3.30. The van der Waals surface area contributed by atoms with Crippen LogP contribution in [-0.2, 0) is 16.6 Å². The van der Waals surface area contributed by atoms with E-state index in [1.165, 1.54) is 6.20 Å². The summed E-state index contributed by atoms with van der Waals surface area (Å²) in [5.41, 5.74) is 0.950. The lowest BCUT2D eigenvalue weighted by atomic mass is 10.3. The van der Waals surface area contributed by atoms with Gasteiger partial charge in [-0.15, -0.1) is 0 Å². The standard InChI is InChI=1S/C12H16BrN5O2S/c1-3-14-7-10-12(8(2)16-17-10)21(19,20)18-11-5-4-9(13)6-15-11/h4-6,14H,3,7H2,1-2H3,(H,15,18)(H,16,17). The predicted molar refractivity (Wildman–Crippen MR) is 83.5 cm³/mol. The van der Waals surface area contributed by atoms with Gasteiger partial charge in [0.2, 0.25) is 0 Å². The Labute approximate surface area is 131 Å². The number of hydrogen-bond donors (Lipinski definition) is 3. The zero-order valence-corrected chi connectivity index (χ0v) is 14.0. The number of aromatic amines is 1. The topological polar surface area (TPSA) is 99.8 Å². The van der Waals surface area contributed by atoms with Gasteiger partial charge in [-0.3, -0.25) is 9.82 Å². The summed E-state index contributed by atoms with van der Waals surface area (Å²) in [6.07, 6.45) is 1.53. The molecule has 9 heteroatoms. The fourth-order valence-corrected chi connectivity index (χ4v) is 3.42. The molecular formula is C12H16BrN5O2S. The van der Waals surface area contributed by atoms with E-state index in [2.05, 4.69) is 41.2 Å². The number of nitrogens with zero attached hydrogens (tertiary/aromatic N) is 2. The molecule has 2 aromatic rings. The predicted octanol–water partition coefficient (Wildman–Crippen LogP) is 1.79. The van der Waals surface area contributed by atoms with Gasteiger partial charge in [0, 0.05) is 17.2 Å². The lowest BCUT2D eigenvalue weighted by Gasteiger charge is -2.08. The first-order chi connectivity index (χ1) is 9.94. The highest BCUT2D eigenvalue weighted by Gasteiger charge is 2.24. The van der Waals surface area contributed by atoms with Crippen LogP contribution in [0.5, 0.6) is 0 Å². The van der Waals surface area contributed by atoms with Crippen molar-refractivity contribution in [2.45, 2.75) is 25.3 Å². The summed E-state index contributed by atoms with van der Waals surface area (Å²) in [4.78, 5) is 4.17. The maximum atomic E-state index is 12.5. The molecule has 0 atom stereocenters. The molecule has 2 rings (SSSR count). The van der Waals surface area contributed by atoms with Crippen molar-refractivity contribution >= 4 is 31.8 Å². The van der Waals surface area contributed by atoms with Gasteiger partial charge in [-0.05, 0) is 41.5 Å². The molecule has 3 N–H and O–H groups in total. The largest absolute Gasteiger partial charge is 0.311 e. The smallest absolute Gasteiger partial charge is 0.266 e. The second kappa shape index (κ2) is 6.54. The van der Waals surface area contributed by atoms with Crippen LogP contribution in [0.3, 0.4) is 0 Å². The van der Waals surface area contributed by atoms with Gasteiger partial charge in [0.1, 0.15) is 10.7 Å². The van der Waals surface area contributed by atoms with Gasteiger partial charge in [-0.25, -0.2) is 13.4 Å². The molecule has 7 nitrogen and oxygen atoms in total. The van der Waals surface area contributed by atoms with Gasteiger partial charge in [-0.1, -0.05) is 6.92 Å². The van der Waals surface area contributed by atoms with Crippen LogP contribution in [0.4, 0.5) is 5.82 Å². The minimum absolute atomic E-state index is 0.160. The van der Waals surface area contributed by atoms with Crippen LogP contribution in [0.1, 0.15) is 18.3 Å². The van der Waals surface area contributed by atoms with Crippen LogP contribution in [0.2, 0.25) is 0 Å². The molecule has 0 aliphatic heterocycles. The Balaban J connectivity index is 2.31.